The fraction of sp³-hybridized carbons (Fsp3) is 0.280. The van der Waals surface area contributed by atoms with Crippen LogP contribution >= 0.6 is 0 Å². The van der Waals surface area contributed by atoms with Gasteiger partial charge in [-0.15, -0.1) is 0 Å². The second-order valence-electron chi connectivity index (χ2n) is 8.00. The number of nitrogens with zero attached hydrogens (tertiary/aromatic N) is 2. The molecule has 0 saturated heterocycles. The smallest absolute Gasteiger partial charge is 0.294 e. The lowest BCUT2D eigenvalue weighted by atomic mass is 9.84. The molecule has 2 heterocycles. The number of furan rings is 1. The first-order chi connectivity index (χ1) is 14.5. The van der Waals surface area contributed by atoms with E-state index < -0.39 is 0 Å². The van der Waals surface area contributed by atoms with Crippen molar-refractivity contribution in [2.45, 2.75) is 39.3 Å². The summed E-state index contributed by atoms with van der Waals surface area (Å²) >= 11 is 0. The number of hydrogen-bond donors (Lipinski definition) is 0. The van der Waals surface area contributed by atoms with Crippen molar-refractivity contribution in [1.82, 2.24) is 0 Å². The number of rotatable bonds is 4. The van der Waals surface area contributed by atoms with E-state index >= 15 is 0 Å². The number of hydrogen-bond acceptors (Lipinski definition) is 3. The van der Waals surface area contributed by atoms with Crippen LogP contribution in [0, 0.1) is 5.92 Å². The summed E-state index contributed by atoms with van der Waals surface area (Å²) in [6.07, 6.45) is 2.17. The number of amides is 2. The molecule has 30 heavy (non-hydrogen) atoms. The van der Waals surface area contributed by atoms with Crippen molar-refractivity contribution >= 4 is 23.2 Å². The van der Waals surface area contributed by atoms with E-state index in [1.54, 1.807) is 19.1 Å². The van der Waals surface area contributed by atoms with E-state index in [1.807, 2.05) is 64.4 Å². The minimum absolute atomic E-state index is 0.0191. The Hall–Kier alpha value is -3.34. The predicted molar refractivity (Wildman–Crippen MR) is 118 cm³/mol. The SMILES string of the molecule is CC(=O)N(c1ccccc1)C1CC(C(C)C)N(C(=O)c2ccco2)c2ccccc21. The van der Waals surface area contributed by atoms with Gasteiger partial charge in [0.05, 0.1) is 12.3 Å². The molecule has 2 amide bonds. The van der Waals surface area contributed by atoms with Crippen molar-refractivity contribution in [3.63, 3.8) is 0 Å². The van der Waals surface area contributed by atoms with E-state index in [-0.39, 0.29) is 29.8 Å². The quantitative estimate of drug-likeness (QED) is 0.583. The van der Waals surface area contributed by atoms with Crippen LogP contribution in [0.5, 0.6) is 0 Å². The van der Waals surface area contributed by atoms with Gasteiger partial charge in [-0.1, -0.05) is 50.2 Å². The van der Waals surface area contributed by atoms with Crippen LogP contribution in [0.3, 0.4) is 0 Å². The Morgan fingerprint density at radius 3 is 2.33 bits per heavy atom. The molecule has 2 unspecified atom stereocenters. The topological polar surface area (TPSA) is 53.8 Å². The number of anilines is 2. The molecule has 2 aromatic carbocycles. The Bertz CT molecular complexity index is 1030. The molecule has 0 radical (unpaired) electrons. The van der Waals surface area contributed by atoms with Gasteiger partial charge in [-0.05, 0) is 48.2 Å². The van der Waals surface area contributed by atoms with E-state index in [9.17, 15) is 9.59 Å². The van der Waals surface area contributed by atoms with E-state index in [2.05, 4.69) is 13.8 Å². The first kappa shape index (κ1) is 20.0. The molecule has 3 aromatic rings. The van der Waals surface area contributed by atoms with E-state index in [4.69, 9.17) is 4.42 Å². The van der Waals surface area contributed by atoms with Gasteiger partial charge in [0.15, 0.2) is 5.76 Å². The molecular formula is C25H26N2O3. The molecule has 5 nitrogen and oxygen atoms in total. The van der Waals surface area contributed by atoms with Crippen molar-refractivity contribution in [3.8, 4) is 0 Å². The second-order valence-corrected chi connectivity index (χ2v) is 8.00. The van der Waals surface area contributed by atoms with Crippen LogP contribution in [0.2, 0.25) is 0 Å². The van der Waals surface area contributed by atoms with Gasteiger partial charge in [0.2, 0.25) is 5.91 Å². The van der Waals surface area contributed by atoms with Gasteiger partial charge < -0.3 is 14.2 Å². The highest BCUT2D eigenvalue weighted by molar-refractivity contribution is 6.06. The summed E-state index contributed by atoms with van der Waals surface area (Å²) in [5.41, 5.74) is 2.66. The molecule has 0 N–H and O–H groups in total. The van der Waals surface area contributed by atoms with Crippen molar-refractivity contribution < 1.29 is 14.0 Å². The standard InChI is InChI=1S/C25H26N2O3/c1-17(2)22-16-23(26(18(3)28)19-10-5-4-6-11-19)20-12-7-8-13-21(20)27(22)25(29)24-14-9-15-30-24/h4-15,17,22-23H,16H2,1-3H3. The molecule has 1 aliphatic heterocycles. The second kappa shape index (κ2) is 8.19. The van der Waals surface area contributed by atoms with Crippen molar-refractivity contribution in [3.05, 3.63) is 84.3 Å². The molecule has 1 aliphatic rings. The molecule has 1 aromatic heterocycles. The van der Waals surface area contributed by atoms with Gasteiger partial charge in [0.25, 0.3) is 5.91 Å². The zero-order valence-electron chi connectivity index (χ0n) is 17.5. The van der Waals surface area contributed by atoms with Crippen LogP contribution in [-0.4, -0.2) is 17.9 Å². The molecular weight excluding hydrogens is 376 g/mol. The lowest BCUT2D eigenvalue weighted by molar-refractivity contribution is -0.117. The molecule has 0 bridgehead atoms. The van der Waals surface area contributed by atoms with Crippen LogP contribution in [0.1, 0.15) is 49.4 Å². The summed E-state index contributed by atoms with van der Waals surface area (Å²) < 4.78 is 5.42. The van der Waals surface area contributed by atoms with Gasteiger partial charge in [-0.3, -0.25) is 9.59 Å². The Kier molecular flexibility index (Phi) is 5.44. The largest absolute Gasteiger partial charge is 0.459 e. The monoisotopic (exact) mass is 402 g/mol. The van der Waals surface area contributed by atoms with Gasteiger partial charge in [0, 0.05) is 24.3 Å². The summed E-state index contributed by atoms with van der Waals surface area (Å²) in [4.78, 5) is 29.8. The zero-order chi connectivity index (χ0) is 21.3. The van der Waals surface area contributed by atoms with Crippen molar-refractivity contribution in [1.29, 1.82) is 0 Å². The fourth-order valence-electron chi connectivity index (χ4n) is 4.39. The maximum Gasteiger partial charge on any atom is 0.294 e. The Morgan fingerprint density at radius 1 is 1.00 bits per heavy atom. The summed E-state index contributed by atoms with van der Waals surface area (Å²) in [7, 11) is 0. The molecule has 5 heteroatoms. The lowest BCUT2D eigenvalue weighted by Crippen LogP contribution is -2.50. The van der Waals surface area contributed by atoms with Crippen molar-refractivity contribution in [2.75, 3.05) is 9.80 Å². The van der Waals surface area contributed by atoms with Crippen LogP contribution in [0.4, 0.5) is 11.4 Å². The summed E-state index contributed by atoms with van der Waals surface area (Å²) in [5.74, 6) is 0.345. The van der Waals surface area contributed by atoms with Gasteiger partial charge in [-0.2, -0.15) is 0 Å². The Labute approximate surface area is 176 Å². The van der Waals surface area contributed by atoms with Gasteiger partial charge >= 0.3 is 0 Å². The molecule has 154 valence electrons. The third kappa shape index (κ3) is 3.52. The van der Waals surface area contributed by atoms with E-state index in [0.717, 1.165) is 16.9 Å². The van der Waals surface area contributed by atoms with E-state index in [0.29, 0.717) is 12.2 Å². The Morgan fingerprint density at radius 2 is 1.70 bits per heavy atom. The lowest BCUT2D eigenvalue weighted by Gasteiger charge is -2.45. The number of benzene rings is 2. The fourth-order valence-corrected chi connectivity index (χ4v) is 4.39. The van der Waals surface area contributed by atoms with Gasteiger partial charge in [-0.25, -0.2) is 0 Å². The predicted octanol–water partition coefficient (Wildman–Crippen LogP) is 5.45. The third-order valence-corrected chi connectivity index (χ3v) is 5.76. The average Bonchev–Trinajstić information content (AvgIpc) is 3.28. The summed E-state index contributed by atoms with van der Waals surface area (Å²) in [5, 5.41) is 0. The molecule has 0 spiro atoms. The van der Waals surface area contributed by atoms with Crippen LogP contribution in [0.25, 0.3) is 0 Å². The van der Waals surface area contributed by atoms with Crippen molar-refractivity contribution in [2.24, 2.45) is 5.92 Å². The van der Waals surface area contributed by atoms with Crippen LogP contribution in [0.15, 0.2) is 77.4 Å². The highest BCUT2D eigenvalue weighted by atomic mass is 16.3. The molecule has 0 fully saturated rings. The minimum atomic E-state index is -0.158. The van der Waals surface area contributed by atoms with E-state index in [1.165, 1.54) is 6.26 Å². The first-order valence-electron chi connectivity index (χ1n) is 10.3. The average molecular weight is 402 g/mol. The van der Waals surface area contributed by atoms with Crippen LogP contribution < -0.4 is 9.80 Å². The highest BCUT2D eigenvalue weighted by Gasteiger charge is 2.41. The molecule has 0 aliphatic carbocycles. The normalized spacial score (nSPS) is 18.2. The third-order valence-electron chi connectivity index (χ3n) is 5.76. The van der Waals surface area contributed by atoms with Crippen LogP contribution in [-0.2, 0) is 4.79 Å². The highest BCUT2D eigenvalue weighted by Crippen LogP contribution is 2.44. The molecule has 2 atom stereocenters. The number of carbonyl (C=O) groups is 2. The zero-order valence-corrected chi connectivity index (χ0v) is 17.5. The molecule has 0 saturated carbocycles. The maximum atomic E-state index is 13.4. The number of fused-ring (bicyclic) bond motifs is 1. The summed E-state index contributed by atoms with van der Waals surface area (Å²) in [6, 6.07) is 20.8. The summed E-state index contributed by atoms with van der Waals surface area (Å²) in [6.45, 7) is 5.82. The van der Waals surface area contributed by atoms with Gasteiger partial charge in [0.1, 0.15) is 0 Å². The molecule has 4 rings (SSSR count). The maximum absolute atomic E-state index is 13.4. The number of para-hydroxylation sites is 2. The Balaban J connectivity index is 1.85. The minimum Gasteiger partial charge on any atom is -0.459 e. The first-order valence-corrected chi connectivity index (χ1v) is 10.3. The number of carbonyl (C=O) groups excluding carboxylic acids is 2.